The minimum atomic E-state index is -1.05. The maximum absolute atomic E-state index is 11.6. The Kier molecular flexibility index (Phi) is 6.52. The van der Waals surface area contributed by atoms with E-state index in [1.165, 1.54) is 0 Å². The van der Waals surface area contributed by atoms with Gasteiger partial charge in [0.2, 0.25) is 11.8 Å². The lowest BCUT2D eigenvalue weighted by atomic mass is 9.96. The number of hydrogen-bond acceptors (Lipinski definition) is 3. The molecule has 0 radical (unpaired) electrons. The molecule has 0 saturated carbocycles. The van der Waals surface area contributed by atoms with Crippen molar-refractivity contribution in [1.82, 2.24) is 10.6 Å². The molecule has 0 aliphatic rings. The van der Waals surface area contributed by atoms with Crippen molar-refractivity contribution in [1.29, 1.82) is 0 Å². The van der Waals surface area contributed by atoms with Crippen LogP contribution < -0.4 is 10.6 Å². The number of hydrogen-bond donors (Lipinski definition) is 3. The van der Waals surface area contributed by atoms with Gasteiger partial charge in [0.25, 0.3) is 0 Å². The average molecular weight is 272 g/mol. The van der Waals surface area contributed by atoms with E-state index in [4.69, 9.17) is 5.11 Å². The summed E-state index contributed by atoms with van der Waals surface area (Å²) in [5.41, 5.74) is -0.502. The lowest BCUT2D eigenvalue weighted by molar-refractivity contribution is -0.143. The van der Waals surface area contributed by atoms with Crippen LogP contribution in [0.4, 0.5) is 0 Å². The topological polar surface area (TPSA) is 95.5 Å². The van der Waals surface area contributed by atoms with Crippen molar-refractivity contribution in [2.45, 2.75) is 47.1 Å². The minimum absolute atomic E-state index is 0.0678. The SMILES string of the molecule is CC(C)[C@H](NC(=O)CCNC(=O)C(C)(C)C)C(=O)O. The van der Waals surface area contributed by atoms with Gasteiger partial charge in [-0.2, -0.15) is 0 Å². The molecule has 2 amide bonds. The lowest BCUT2D eigenvalue weighted by Crippen LogP contribution is -2.45. The maximum atomic E-state index is 11.6. The third-order valence-electron chi connectivity index (χ3n) is 2.57. The third-order valence-corrected chi connectivity index (χ3v) is 2.57. The predicted octanol–water partition coefficient (Wildman–Crippen LogP) is 0.764. The summed E-state index contributed by atoms with van der Waals surface area (Å²) in [4.78, 5) is 34.0. The van der Waals surface area contributed by atoms with Gasteiger partial charge in [-0.05, 0) is 5.92 Å². The lowest BCUT2D eigenvalue weighted by Gasteiger charge is -2.19. The molecule has 3 N–H and O–H groups in total. The number of carboxylic acids is 1. The first kappa shape index (κ1) is 17.4. The van der Waals surface area contributed by atoms with Gasteiger partial charge in [-0.1, -0.05) is 34.6 Å². The fourth-order valence-electron chi connectivity index (χ4n) is 1.31. The van der Waals surface area contributed by atoms with Crippen LogP contribution >= 0.6 is 0 Å². The second kappa shape index (κ2) is 7.11. The number of aliphatic carboxylic acids is 1. The van der Waals surface area contributed by atoms with Crippen molar-refractivity contribution in [3.63, 3.8) is 0 Å². The highest BCUT2D eigenvalue weighted by Gasteiger charge is 2.24. The molecule has 0 rings (SSSR count). The molecule has 0 spiro atoms. The van der Waals surface area contributed by atoms with Crippen LogP contribution in [-0.2, 0) is 14.4 Å². The quantitative estimate of drug-likeness (QED) is 0.665. The summed E-state index contributed by atoms with van der Waals surface area (Å²) >= 11 is 0. The van der Waals surface area contributed by atoms with Gasteiger partial charge in [0.15, 0.2) is 0 Å². The van der Waals surface area contributed by atoms with Crippen LogP contribution in [0.15, 0.2) is 0 Å². The maximum Gasteiger partial charge on any atom is 0.326 e. The molecule has 0 aromatic rings. The first-order valence-electron chi connectivity index (χ1n) is 6.36. The van der Waals surface area contributed by atoms with E-state index in [9.17, 15) is 14.4 Å². The summed E-state index contributed by atoms with van der Waals surface area (Å²) in [6.07, 6.45) is 0.0678. The monoisotopic (exact) mass is 272 g/mol. The molecule has 0 aliphatic carbocycles. The minimum Gasteiger partial charge on any atom is -0.480 e. The zero-order valence-electron chi connectivity index (χ0n) is 12.2. The fourth-order valence-corrected chi connectivity index (χ4v) is 1.31. The van der Waals surface area contributed by atoms with Gasteiger partial charge in [-0.25, -0.2) is 4.79 Å². The van der Waals surface area contributed by atoms with Crippen LogP contribution in [0.25, 0.3) is 0 Å². The Balaban J connectivity index is 4.13. The van der Waals surface area contributed by atoms with Crippen molar-refractivity contribution >= 4 is 17.8 Å². The molecule has 0 heterocycles. The largest absolute Gasteiger partial charge is 0.480 e. The summed E-state index contributed by atoms with van der Waals surface area (Å²) in [5.74, 6) is -1.76. The van der Waals surface area contributed by atoms with Crippen molar-refractivity contribution in [2.75, 3.05) is 6.54 Å². The zero-order valence-corrected chi connectivity index (χ0v) is 12.2. The molecule has 110 valence electrons. The Hall–Kier alpha value is -1.59. The first-order valence-corrected chi connectivity index (χ1v) is 6.36. The van der Waals surface area contributed by atoms with Gasteiger partial charge in [-0.15, -0.1) is 0 Å². The van der Waals surface area contributed by atoms with Gasteiger partial charge in [0.05, 0.1) is 0 Å². The second-order valence-corrected chi connectivity index (χ2v) is 5.88. The zero-order chi connectivity index (χ0) is 15.2. The van der Waals surface area contributed by atoms with Crippen LogP contribution in [0, 0.1) is 11.3 Å². The highest BCUT2D eigenvalue weighted by Crippen LogP contribution is 2.12. The van der Waals surface area contributed by atoms with Crippen molar-refractivity contribution in [3.05, 3.63) is 0 Å². The Bertz CT molecular complexity index is 345. The Morgan fingerprint density at radius 3 is 2.05 bits per heavy atom. The highest BCUT2D eigenvalue weighted by atomic mass is 16.4. The Morgan fingerprint density at radius 1 is 1.16 bits per heavy atom. The van der Waals surface area contributed by atoms with Crippen molar-refractivity contribution in [3.8, 4) is 0 Å². The molecule has 19 heavy (non-hydrogen) atoms. The molecule has 0 unspecified atom stereocenters. The van der Waals surface area contributed by atoms with Crippen LogP contribution in [0.3, 0.4) is 0 Å². The fraction of sp³-hybridized carbons (Fsp3) is 0.769. The molecule has 0 aromatic heterocycles. The standard InChI is InChI=1S/C13H24N2O4/c1-8(2)10(11(17)18)15-9(16)6-7-14-12(19)13(3,4)5/h8,10H,6-7H2,1-5H3,(H,14,19)(H,15,16)(H,17,18)/t10-/m0/s1. The van der Waals surface area contributed by atoms with E-state index in [1.54, 1.807) is 34.6 Å². The van der Waals surface area contributed by atoms with Crippen LogP contribution in [0.1, 0.15) is 41.0 Å². The van der Waals surface area contributed by atoms with Gasteiger partial charge in [0, 0.05) is 18.4 Å². The van der Waals surface area contributed by atoms with E-state index in [0.717, 1.165) is 0 Å². The van der Waals surface area contributed by atoms with E-state index in [-0.39, 0.29) is 30.7 Å². The molecular formula is C13H24N2O4. The molecule has 0 bridgehead atoms. The molecule has 6 nitrogen and oxygen atoms in total. The summed E-state index contributed by atoms with van der Waals surface area (Å²) in [6.45, 7) is 8.98. The van der Waals surface area contributed by atoms with Gasteiger partial charge < -0.3 is 15.7 Å². The van der Waals surface area contributed by atoms with Crippen molar-refractivity contribution in [2.24, 2.45) is 11.3 Å². The molecule has 1 atom stereocenters. The van der Waals surface area contributed by atoms with E-state index < -0.39 is 17.4 Å². The van der Waals surface area contributed by atoms with Gasteiger partial charge in [-0.3, -0.25) is 9.59 Å². The van der Waals surface area contributed by atoms with E-state index >= 15 is 0 Å². The third kappa shape index (κ3) is 6.79. The molecule has 6 heteroatoms. The van der Waals surface area contributed by atoms with Gasteiger partial charge in [0.1, 0.15) is 6.04 Å². The number of carbonyl (C=O) groups excluding carboxylic acids is 2. The van der Waals surface area contributed by atoms with Crippen LogP contribution in [0.2, 0.25) is 0 Å². The van der Waals surface area contributed by atoms with E-state index in [0.29, 0.717) is 0 Å². The number of carbonyl (C=O) groups is 3. The molecule has 0 fully saturated rings. The Labute approximate surface area is 113 Å². The Morgan fingerprint density at radius 2 is 1.68 bits per heavy atom. The summed E-state index contributed by atoms with van der Waals surface area (Å²) in [5, 5.41) is 14.0. The van der Waals surface area contributed by atoms with Crippen LogP contribution in [0.5, 0.6) is 0 Å². The number of carboxylic acid groups (broad SMARTS) is 1. The molecule has 0 aromatic carbocycles. The van der Waals surface area contributed by atoms with Gasteiger partial charge >= 0.3 is 5.97 Å². The normalized spacial score (nSPS) is 12.9. The van der Waals surface area contributed by atoms with E-state index in [1.807, 2.05) is 0 Å². The molecule has 0 aliphatic heterocycles. The summed E-state index contributed by atoms with van der Waals surface area (Å²) in [7, 11) is 0. The highest BCUT2D eigenvalue weighted by molar-refractivity contribution is 5.85. The average Bonchev–Trinajstić information content (AvgIpc) is 2.23. The predicted molar refractivity (Wildman–Crippen MR) is 71.5 cm³/mol. The number of nitrogens with one attached hydrogen (secondary N) is 2. The number of amides is 2. The van der Waals surface area contributed by atoms with Crippen molar-refractivity contribution < 1.29 is 19.5 Å². The smallest absolute Gasteiger partial charge is 0.326 e. The number of rotatable bonds is 6. The second-order valence-electron chi connectivity index (χ2n) is 5.88. The molecule has 0 saturated heterocycles. The summed E-state index contributed by atoms with van der Waals surface area (Å²) < 4.78 is 0. The van der Waals surface area contributed by atoms with Crippen LogP contribution in [-0.4, -0.2) is 35.5 Å². The van der Waals surface area contributed by atoms with E-state index in [2.05, 4.69) is 10.6 Å². The summed E-state index contributed by atoms with van der Waals surface area (Å²) in [6, 6.07) is -0.897. The first-order chi connectivity index (χ1) is 8.55. The molecular weight excluding hydrogens is 248 g/mol.